The van der Waals surface area contributed by atoms with Crippen molar-refractivity contribution in [2.75, 3.05) is 6.54 Å². The highest BCUT2D eigenvalue weighted by Crippen LogP contribution is 2.45. The van der Waals surface area contributed by atoms with E-state index in [0.29, 0.717) is 11.6 Å². The van der Waals surface area contributed by atoms with Crippen molar-refractivity contribution in [1.82, 2.24) is 4.90 Å². The third-order valence-corrected chi connectivity index (χ3v) is 4.01. The van der Waals surface area contributed by atoms with Crippen LogP contribution in [0.15, 0.2) is 18.2 Å². The number of likely N-dealkylation sites (tertiary alicyclic amines) is 1. The minimum atomic E-state index is -0.494. The maximum atomic E-state index is 12.5. The van der Waals surface area contributed by atoms with Gasteiger partial charge >= 0.3 is 6.09 Å². The molecule has 0 N–H and O–H groups in total. The Morgan fingerprint density at radius 3 is 2.90 bits per heavy atom. The van der Waals surface area contributed by atoms with E-state index in [1.165, 1.54) is 0 Å². The van der Waals surface area contributed by atoms with Crippen molar-refractivity contribution in [3.8, 4) is 5.75 Å². The van der Waals surface area contributed by atoms with Crippen molar-refractivity contribution >= 4 is 17.7 Å². The molecule has 1 saturated heterocycles. The van der Waals surface area contributed by atoms with Crippen LogP contribution in [0, 0.1) is 0 Å². The van der Waals surface area contributed by atoms with E-state index in [9.17, 15) is 4.79 Å². The zero-order valence-corrected chi connectivity index (χ0v) is 13.3. The maximum absolute atomic E-state index is 12.5. The number of hydrogen-bond acceptors (Lipinski definition) is 3. The van der Waals surface area contributed by atoms with E-state index in [2.05, 4.69) is 0 Å². The molecule has 5 heteroatoms. The molecule has 0 spiro atoms. The molecule has 2 heterocycles. The summed E-state index contributed by atoms with van der Waals surface area (Å²) in [5.74, 6) is 0.785. The Bertz CT molecular complexity index is 567. The fourth-order valence-electron chi connectivity index (χ4n) is 3.00. The molecular weight excluding hydrogens is 290 g/mol. The zero-order chi connectivity index (χ0) is 15.2. The van der Waals surface area contributed by atoms with E-state index in [0.717, 1.165) is 24.2 Å². The van der Waals surface area contributed by atoms with Gasteiger partial charge in [-0.3, -0.25) is 4.90 Å². The normalized spacial score (nSPS) is 24.1. The van der Waals surface area contributed by atoms with Gasteiger partial charge in [-0.1, -0.05) is 17.7 Å². The second-order valence-corrected chi connectivity index (χ2v) is 7.04. The summed E-state index contributed by atoms with van der Waals surface area (Å²) in [6.07, 6.45) is 1.58. The van der Waals surface area contributed by atoms with E-state index in [-0.39, 0.29) is 18.2 Å². The summed E-state index contributed by atoms with van der Waals surface area (Å²) >= 11 is 6.02. The number of nitrogens with zero attached hydrogens (tertiary/aromatic N) is 1. The van der Waals surface area contributed by atoms with Crippen LogP contribution in [0.2, 0.25) is 5.02 Å². The Labute approximate surface area is 130 Å². The highest BCUT2D eigenvalue weighted by Gasteiger charge is 2.44. The molecule has 3 rings (SSSR count). The molecule has 2 unspecified atom stereocenters. The van der Waals surface area contributed by atoms with Crippen LogP contribution < -0.4 is 4.74 Å². The van der Waals surface area contributed by atoms with Gasteiger partial charge in [-0.05, 0) is 45.7 Å². The van der Waals surface area contributed by atoms with Gasteiger partial charge in [0.25, 0.3) is 0 Å². The van der Waals surface area contributed by atoms with Gasteiger partial charge in [0.1, 0.15) is 23.5 Å². The van der Waals surface area contributed by atoms with E-state index in [1.54, 1.807) is 4.90 Å². The Morgan fingerprint density at radius 1 is 1.43 bits per heavy atom. The number of rotatable bonds is 0. The van der Waals surface area contributed by atoms with Gasteiger partial charge in [0.2, 0.25) is 0 Å². The summed E-state index contributed by atoms with van der Waals surface area (Å²) < 4.78 is 11.5. The van der Waals surface area contributed by atoms with Crippen LogP contribution in [-0.2, 0) is 4.74 Å². The average molecular weight is 310 g/mol. The predicted octanol–water partition coefficient (Wildman–Crippen LogP) is 4.17. The minimum Gasteiger partial charge on any atom is -0.487 e. The van der Waals surface area contributed by atoms with Crippen LogP contribution in [0.25, 0.3) is 0 Å². The molecule has 1 aromatic rings. The number of fused-ring (bicyclic) bond motifs is 3. The van der Waals surface area contributed by atoms with Crippen LogP contribution >= 0.6 is 11.6 Å². The zero-order valence-electron chi connectivity index (χ0n) is 12.6. The Hall–Kier alpha value is -1.42. The minimum absolute atomic E-state index is 0.000245. The standard InChI is InChI=1S/C16H20ClNO3/c1-16(2,3)21-15(19)18-8-4-5-12-14(18)11-7-6-10(17)9-13(11)20-12/h6-7,9,12,14H,4-5,8H2,1-3H3. The van der Waals surface area contributed by atoms with E-state index in [4.69, 9.17) is 21.1 Å². The predicted molar refractivity (Wildman–Crippen MR) is 80.8 cm³/mol. The molecule has 1 fully saturated rings. The first-order chi connectivity index (χ1) is 9.85. The van der Waals surface area contributed by atoms with Crippen molar-refractivity contribution in [3.05, 3.63) is 28.8 Å². The lowest BCUT2D eigenvalue weighted by Crippen LogP contribution is -2.46. The van der Waals surface area contributed by atoms with Crippen LogP contribution in [-0.4, -0.2) is 29.2 Å². The van der Waals surface area contributed by atoms with Crippen molar-refractivity contribution in [1.29, 1.82) is 0 Å². The molecule has 21 heavy (non-hydrogen) atoms. The van der Waals surface area contributed by atoms with Gasteiger partial charge in [0.05, 0.1) is 0 Å². The smallest absolute Gasteiger partial charge is 0.410 e. The highest BCUT2D eigenvalue weighted by molar-refractivity contribution is 6.30. The molecule has 1 aromatic carbocycles. The van der Waals surface area contributed by atoms with E-state index < -0.39 is 5.60 Å². The largest absolute Gasteiger partial charge is 0.487 e. The topological polar surface area (TPSA) is 38.8 Å². The lowest BCUT2D eigenvalue weighted by Gasteiger charge is -2.37. The summed E-state index contributed by atoms with van der Waals surface area (Å²) in [7, 11) is 0. The first kappa shape index (κ1) is 14.5. The van der Waals surface area contributed by atoms with E-state index >= 15 is 0 Å². The first-order valence-electron chi connectivity index (χ1n) is 7.31. The molecule has 114 valence electrons. The van der Waals surface area contributed by atoms with Crippen LogP contribution in [0.5, 0.6) is 5.75 Å². The molecule has 1 amide bonds. The summed E-state index contributed by atoms with van der Waals surface area (Å²) in [4.78, 5) is 14.2. The number of carbonyl (C=O) groups is 1. The van der Waals surface area contributed by atoms with Gasteiger partial charge < -0.3 is 9.47 Å². The molecule has 0 saturated carbocycles. The van der Waals surface area contributed by atoms with Crippen molar-refractivity contribution in [2.24, 2.45) is 0 Å². The summed E-state index contributed by atoms with van der Waals surface area (Å²) in [5.41, 5.74) is 0.529. The quantitative estimate of drug-likeness (QED) is 0.722. The van der Waals surface area contributed by atoms with Gasteiger partial charge in [0, 0.05) is 17.1 Å². The number of benzene rings is 1. The number of amides is 1. The van der Waals surface area contributed by atoms with Gasteiger partial charge in [-0.15, -0.1) is 0 Å². The number of piperidine rings is 1. The molecule has 0 radical (unpaired) electrons. The van der Waals surface area contributed by atoms with E-state index in [1.807, 2.05) is 39.0 Å². The molecule has 0 bridgehead atoms. The maximum Gasteiger partial charge on any atom is 0.410 e. The highest BCUT2D eigenvalue weighted by atomic mass is 35.5. The average Bonchev–Trinajstić information content (AvgIpc) is 2.73. The van der Waals surface area contributed by atoms with Crippen molar-refractivity contribution in [3.63, 3.8) is 0 Å². The number of halogens is 1. The molecule has 0 aromatic heterocycles. The first-order valence-corrected chi connectivity index (χ1v) is 7.69. The van der Waals surface area contributed by atoms with Crippen LogP contribution in [0.3, 0.4) is 0 Å². The third kappa shape index (κ3) is 2.82. The monoisotopic (exact) mass is 309 g/mol. The molecule has 2 aliphatic heterocycles. The fourth-order valence-corrected chi connectivity index (χ4v) is 3.16. The van der Waals surface area contributed by atoms with Gasteiger partial charge in [-0.25, -0.2) is 4.79 Å². The molecular formula is C16H20ClNO3. The fraction of sp³-hybridized carbons (Fsp3) is 0.562. The lowest BCUT2D eigenvalue weighted by molar-refractivity contribution is -0.00730. The SMILES string of the molecule is CC(C)(C)OC(=O)N1CCCC2Oc3cc(Cl)ccc3C21. The Kier molecular flexibility index (Phi) is 3.52. The Morgan fingerprint density at radius 2 is 2.19 bits per heavy atom. The van der Waals surface area contributed by atoms with Gasteiger partial charge in [-0.2, -0.15) is 0 Å². The molecule has 4 nitrogen and oxygen atoms in total. The second kappa shape index (κ2) is 5.09. The molecule has 2 atom stereocenters. The second-order valence-electron chi connectivity index (χ2n) is 6.60. The van der Waals surface area contributed by atoms with Gasteiger partial charge in [0.15, 0.2) is 0 Å². The number of carbonyl (C=O) groups excluding carboxylic acids is 1. The van der Waals surface area contributed by atoms with Crippen LogP contribution in [0.4, 0.5) is 4.79 Å². The number of hydrogen-bond donors (Lipinski definition) is 0. The van der Waals surface area contributed by atoms with Crippen molar-refractivity contribution < 1.29 is 14.3 Å². The molecule has 0 aliphatic carbocycles. The molecule has 2 aliphatic rings. The summed E-state index contributed by atoms with van der Waals surface area (Å²) in [6.45, 7) is 6.34. The van der Waals surface area contributed by atoms with Crippen molar-refractivity contribution in [2.45, 2.75) is 51.4 Å². The number of ether oxygens (including phenoxy) is 2. The lowest BCUT2D eigenvalue weighted by atomic mass is 9.95. The Balaban J connectivity index is 1.89. The summed E-state index contributed by atoms with van der Waals surface area (Å²) in [5, 5.41) is 0.649. The summed E-state index contributed by atoms with van der Waals surface area (Å²) in [6, 6.07) is 5.54. The third-order valence-electron chi connectivity index (χ3n) is 3.78. The van der Waals surface area contributed by atoms with Crippen LogP contribution in [0.1, 0.15) is 45.2 Å².